The average Bonchev–Trinajstić information content (AvgIpc) is 2.51. The van der Waals surface area contributed by atoms with Crippen molar-refractivity contribution < 1.29 is 28.5 Å². The molecule has 13 heavy (non-hydrogen) atoms. The van der Waals surface area contributed by atoms with Crippen LogP contribution >= 0.6 is 0 Å². The molecule has 2 rings (SSSR count). The first-order valence-corrected chi connectivity index (χ1v) is 3.97. The third-order valence-corrected chi connectivity index (χ3v) is 2.15. The van der Waals surface area contributed by atoms with Gasteiger partial charge in [0.05, 0.1) is 13.6 Å². The second kappa shape index (κ2) is 3.67. The Kier molecular flexibility index (Phi) is 2.97. The Hall–Kier alpha value is -0.560. The fraction of sp³-hybridized carbons (Fsp3) is 0.375. The van der Waals surface area contributed by atoms with Crippen molar-refractivity contribution in [3.05, 3.63) is 11.9 Å². The van der Waals surface area contributed by atoms with Gasteiger partial charge in [0, 0.05) is 0 Å². The molecule has 2 aliphatic heterocycles. The van der Waals surface area contributed by atoms with Gasteiger partial charge in [-0.2, -0.15) is 4.99 Å². The molecule has 0 amide bonds. The molecule has 1 atom stereocenters. The van der Waals surface area contributed by atoms with Crippen molar-refractivity contribution in [2.24, 2.45) is 15.0 Å². The molecule has 0 saturated heterocycles. The summed E-state index contributed by atoms with van der Waals surface area (Å²) in [7, 11) is 2.08. The summed E-state index contributed by atoms with van der Waals surface area (Å²) in [6, 6.07) is 0. The van der Waals surface area contributed by atoms with Gasteiger partial charge in [0.1, 0.15) is 12.5 Å². The van der Waals surface area contributed by atoms with Gasteiger partial charge >= 0.3 is 0 Å². The van der Waals surface area contributed by atoms with Crippen molar-refractivity contribution in [3.63, 3.8) is 0 Å². The average molecular weight is 290 g/mol. The number of halogens is 1. The van der Waals surface area contributed by atoms with Gasteiger partial charge in [-0.05, 0) is 6.92 Å². The standard InChI is InChI=1S/C8H11N4.HI/c1-3-12(2)4-7-8(11-6-12)10-5-9-7;/h4-6H,3H2,1-2H3;1H/q+1;/p-1. The van der Waals surface area contributed by atoms with E-state index in [1.807, 2.05) is 6.34 Å². The highest BCUT2D eigenvalue weighted by Gasteiger charge is 2.24. The minimum absolute atomic E-state index is 0. The molecule has 0 aromatic heterocycles. The van der Waals surface area contributed by atoms with Crippen LogP contribution in [0.5, 0.6) is 0 Å². The van der Waals surface area contributed by atoms with Crippen LogP contribution in [0.2, 0.25) is 0 Å². The van der Waals surface area contributed by atoms with Crippen molar-refractivity contribution >= 4 is 18.5 Å². The maximum absolute atomic E-state index is 4.22. The monoisotopic (exact) mass is 290 g/mol. The molecular formula is C8H11IN4. The summed E-state index contributed by atoms with van der Waals surface area (Å²) < 4.78 is 0.700. The Morgan fingerprint density at radius 2 is 2.15 bits per heavy atom. The highest BCUT2D eigenvalue weighted by molar-refractivity contribution is 6.09. The fourth-order valence-corrected chi connectivity index (χ4v) is 1.13. The van der Waals surface area contributed by atoms with Crippen LogP contribution in [0.4, 0.5) is 0 Å². The summed E-state index contributed by atoms with van der Waals surface area (Å²) in [4.78, 5) is 12.3. The van der Waals surface area contributed by atoms with E-state index in [1.165, 1.54) is 0 Å². The van der Waals surface area contributed by atoms with Crippen molar-refractivity contribution in [1.29, 1.82) is 0 Å². The largest absolute Gasteiger partial charge is 1.00 e. The van der Waals surface area contributed by atoms with E-state index in [0.717, 1.165) is 18.1 Å². The molecule has 0 aliphatic carbocycles. The summed E-state index contributed by atoms with van der Waals surface area (Å²) in [6.07, 6.45) is 5.50. The molecule has 70 valence electrons. The van der Waals surface area contributed by atoms with Gasteiger partial charge in [0.25, 0.3) is 0 Å². The van der Waals surface area contributed by atoms with E-state index in [-0.39, 0.29) is 24.0 Å². The van der Waals surface area contributed by atoms with E-state index in [0.29, 0.717) is 4.48 Å². The Bertz CT molecular complexity index is 329. The van der Waals surface area contributed by atoms with Crippen LogP contribution in [-0.4, -0.2) is 36.6 Å². The minimum atomic E-state index is 0. The zero-order valence-corrected chi connectivity index (χ0v) is 9.76. The van der Waals surface area contributed by atoms with Crippen molar-refractivity contribution in [3.8, 4) is 0 Å². The van der Waals surface area contributed by atoms with Gasteiger partial charge in [-0.1, -0.05) is 0 Å². The van der Waals surface area contributed by atoms with E-state index < -0.39 is 0 Å². The molecule has 0 aromatic carbocycles. The van der Waals surface area contributed by atoms with Gasteiger partial charge in [-0.25, -0.2) is 9.98 Å². The molecular weight excluding hydrogens is 279 g/mol. The zero-order valence-electron chi connectivity index (χ0n) is 7.61. The number of hydrogen-bond donors (Lipinski definition) is 0. The predicted molar refractivity (Wildman–Crippen MR) is 49.2 cm³/mol. The SMILES string of the molecule is CC[N+]1(C)C=NC2=NC=NC2=C1.[I-]. The summed E-state index contributed by atoms with van der Waals surface area (Å²) in [5.41, 5.74) is 0.891. The first-order chi connectivity index (χ1) is 5.73. The molecule has 4 nitrogen and oxygen atoms in total. The Morgan fingerprint density at radius 3 is 2.85 bits per heavy atom. The molecule has 1 unspecified atom stereocenters. The summed E-state index contributed by atoms with van der Waals surface area (Å²) in [5.74, 6) is 0.735. The van der Waals surface area contributed by atoms with Crippen molar-refractivity contribution in [2.75, 3.05) is 13.6 Å². The number of rotatable bonds is 1. The van der Waals surface area contributed by atoms with Gasteiger partial charge in [-0.3, -0.25) is 4.48 Å². The van der Waals surface area contributed by atoms with Gasteiger partial charge < -0.3 is 24.0 Å². The highest BCUT2D eigenvalue weighted by atomic mass is 127. The maximum Gasteiger partial charge on any atom is 0.196 e. The Balaban J connectivity index is 0.000000845. The first kappa shape index (κ1) is 10.5. The van der Waals surface area contributed by atoms with Crippen molar-refractivity contribution in [1.82, 2.24) is 0 Å². The second-order valence-electron chi connectivity index (χ2n) is 3.12. The number of amidine groups is 1. The van der Waals surface area contributed by atoms with Crippen LogP contribution in [0, 0.1) is 0 Å². The number of aliphatic imine (C=N–C) groups is 3. The smallest absolute Gasteiger partial charge is 0.196 e. The molecule has 0 N–H and O–H groups in total. The van der Waals surface area contributed by atoms with Crippen LogP contribution in [0.1, 0.15) is 6.92 Å². The zero-order chi connectivity index (χ0) is 8.60. The van der Waals surface area contributed by atoms with E-state index in [9.17, 15) is 0 Å². The molecule has 2 heterocycles. The van der Waals surface area contributed by atoms with E-state index in [4.69, 9.17) is 0 Å². The van der Waals surface area contributed by atoms with Gasteiger partial charge in [0.15, 0.2) is 17.9 Å². The lowest BCUT2D eigenvalue weighted by atomic mass is 10.3. The van der Waals surface area contributed by atoms with E-state index in [1.54, 1.807) is 6.34 Å². The van der Waals surface area contributed by atoms with Crippen LogP contribution < -0.4 is 24.0 Å². The third-order valence-electron chi connectivity index (χ3n) is 2.15. The molecule has 0 spiro atoms. The molecule has 0 bridgehead atoms. The lowest BCUT2D eigenvalue weighted by Gasteiger charge is -2.24. The quantitative estimate of drug-likeness (QED) is 0.388. The summed E-state index contributed by atoms with van der Waals surface area (Å²) in [5, 5.41) is 0. The van der Waals surface area contributed by atoms with Gasteiger partial charge in [-0.15, -0.1) is 0 Å². The number of fused-ring (bicyclic) bond motifs is 1. The Labute approximate surface area is 94.4 Å². The number of hydrogen-bond acceptors (Lipinski definition) is 3. The van der Waals surface area contributed by atoms with E-state index in [2.05, 4.69) is 35.1 Å². The Morgan fingerprint density at radius 1 is 1.38 bits per heavy atom. The second-order valence-corrected chi connectivity index (χ2v) is 3.12. The molecule has 0 aromatic rings. The van der Waals surface area contributed by atoms with Crippen LogP contribution in [-0.2, 0) is 0 Å². The molecule has 5 heteroatoms. The highest BCUT2D eigenvalue weighted by Crippen LogP contribution is 2.16. The minimum Gasteiger partial charge on any atom is -1.00 e. The topological polar surface area (TPSA) is 37.1 Å². The summed E-state index contributed by atoms with van der Waals surface area (Å²) in [6.45, 7) is 3.10. The fourth-order valence-electron chi connectivity index (χ4n) is 1.13. The maximum atomic E-state index is 4.22. The molecule has 0 saturated carbocycles. The van der Waals surface area contributed by atoms with Crippen LogP contribution in [0.15, 0.2) is 26.9 Å². The van der Waals surface area contributed by atoms with Gasteiger partial charge in [0.2, 0.25) is 0 Å². The normalized spacial score (nSPS) is 29.1. The lowest BCUT2D eigenvalue weighted by Crippen LogP contribution is -3.00. The molecule has 0 radical (unpaired) electrons. The molecule has 0 fully saturated rings. The summed E-state index contributed by atoms with van der Waals surface area (Å²) >= 11 is 0. The third kappa shape index (κ3) is 1.86. The number of nitrogens with zero attached hydrogens (tertiary/aromatic N) is 4. The first-order valence-electron chi connectivity index (χ1n) is 3.97. The van der Waals surface area contributed by atoms with Crippen LogP contribution in [0.3, 0.4) is 0 Å². The lowest BCUT2D eigenvalue weighted by molar-refractivity contribution is -0.757. The number of quaternary nitrogens is 1. The van der Waals surface area contributed by atoms with Crippen molar-refractivity contribution in [2.45, 2.75) is 6.92 Å². The predicted octanol–water partition coefficient (Wildman–Crippen LogP) is -2.22. The van der Waals surface area contributed by atoms with Crippen LogP contribution in [0.25, 0.3) is 0 Å². The van der Waals surface area contributed by atoms with E-state index >= 15 is 0 Å². The molecule has 2 aliphatic rings.